The van der Waals surface area contributed by atoms with Crippen LogP contribution in [0.5, 0.6) is 0 Å². The van der Waals surface area contributed by atoms with E-state index in [1.54, 1.807) is 6.07 Å². The Balaban J connectivity index is 1.54. The summed E-state index contributed by atoms with van der Waals surface area (Å²) in [5.41, 5.74) is 1.71. The molecule has 168 valence electrons. The van der Waals surface area contributed by atoms with Crippen LogP contribution in [0.3, 0.4) is 0 Å². The molecular formula is C25H35N3O3. The Morgan fingerprint density at radius 2 is 1.97 bits per heavy atom. The van der Waals surface area contributed by atoms with E-state index in [4.69, 9.17) is 4.42 Å². The number of nitrogens with zero attached hydrogens (tertiary/aromatic N) is 2. The molecule has 2 aliphatic rings. The van der Waals surface area contributed by atoms with Crippen molar-refractivity contribution >= 4 is 5.91 Å². The lowest BCUT2D eigenvalue weighted by atomic mass is 9.83. The fraction of sp³-hybridized carbons (Fsp3) is 0.600. The van der Waals surface area contributed by atoms with Gasteiger partial charge >= 0.3 is 0 Å². The van der Waals surface area contributed by atoms with Gasteiger partial charge in [-0.05, 0) is 77.1 Å². The molecule has 0 saturated carbocycles. The molecule has 2 atom stereocenters. The van der Waals surface area contributed by atoms with Gasteiger partial charge < -0.3 is 19.2 Å². The average Bonchev–Trinajstić information content (AvgIpc) is 3.18. The molecule has 0 radical (unpaired) electrons. The summed E-state index contributed by atoms with van der Waals surface area (Å²) in [6.07, 6.45) is 6.74. The van der Waals surface area contributed by atoms with Crippen molar-refractivity contribution in [2.24, 2.45) is 5.92 Å². The number of carbonyl (C=O) groups excluding carboxylic acids is 1. The highest BCUT2D eigenvalue weighted by Crippen LogP contribution is 2.30. The molecule has 4 rings (SSSR count). The first-order valence-corrected chi connectivity index (χ1v) is 11.8. The predicted molar refractivity (Wildman–Crippen MR) is 122 cm³/mol. The Morgan fingerprint density at radius 1 is 1.16 bits per heavy atom. The van der Waals surface area contributed by atoms with E-state index in [0.29, 0.717) is 31.5 Å². The van der Waals surface area contributed by atoms with Crippen LogP contribution in [0.4, 0.5) is 0 Å². The van der Waals surface area contributed by atoms with Crippen LogP contribution >= 0.6 is 0 Å². The maximum atomic E-state index is 13.2. The highest BCUT2D eigenvalue weighted by molar-refractivity contribution is 5.95. The second kappa shape index (κ2) is 9.43. The molecule has 0 aromatic carbocycles. The smallest absolute Gasteiger partial charge is 0.257 e. The van der Waals surface area contributed by atoms with Gasteiger partial charge in [0.05, 0.1) is 6.54 Å². The molecule has 2 aliphatic heterocycles. The summed E-state index contributed by atoms with van der Waals surface area (Å²) in [4.78, 5) is 28.7. The second-order valence-electron chi connectivity index (χ2n) is 9.14. The van der Waals surface area contributed by atoms with E-state index < -0.39 is 0 Å². The van der Waals surface area contributed by atoms with Gasteiger partial charge in [0.15, 0.2) is 5.43 Å². The first-order valence-electron chi connectivity index (χ1n) is 11.8. The molecule has 6 heteroatoms. The van der Waals surface area contributed by atoms with Gasteiger partial charge in [0.25, 0.3) is 5.91 Å². The number of aryl methyl sites for hydroxylation is 2. The molecule has 6 nitrogen and oxygen atoms in total. The number of furan rings is 1. The molecule has 1 N–H and O–H groups in total. The van der Waals surface area contributed by atoms with Crippen LogP contribution in [0.25, 0.3) is 0 Å². The van der Waals surface area contributed by atoms with Crippen molar-refractivity contribution in [3.8, 4) is 0 Å². The van der Waals surface area contributed by atoms with Crippen LogP contribution in [-0.4, -0.2) is 41.1 Å². The topological polar surface area (TPSA) is 67.5 Å². The molecule has 2 aromatic heterocycles. The minimum absolute atomic E-state index is 0.193. The third kappa shape index (κ3) is 4.64. The third-order valence-corrected chi connectivity index (χ3v) is 7.05. The molecule has 0 bridgehead atoms. The van der Waals surface area contributed by atoms with Crippen molar-refractivity contribution in [3.63, 3.8) is 0 Å². The van der Waals surface area contributed by atoms with Crippen molar-refractivity contribution in [2.75, 3.05) is 19.6 Å². The summed E-state index contributed by atoms with van der Waals surface area (Å²) in [7, 11) is 0. The number of hydrogen-bond acceptors (Lipinski definition) is 4. The van der Waals surface area contributed by atoms with Crippen molar-refractivity contribution in [3.05, 3.63) is 56.9 Å². The summed E-state index contributed by atoms with van der Waals surface area (Å²) in [6.45, 7) is 9.36. The van der Waals surface area contributed by atoms with Gasteiger partial charge in [0.1, 0.15) is 17.1 Å². The number of fused-ring (bicyclic) bond motifs is 1. The lowest BCUT2D eigenvalue weighted by Crippen LogP contribution is -2.51. The SMILES string of the molecule is CCc1c(C(=O)NC[C@@H]2CCCN3CCCC[C@H]23)c(=O)cc(C)n1Cc1ccc(C)o1. The van der Waals surface area contributed by atoms with E-state index in [0.717, 1.165) is 29.3 Å². The highest BCUT2D eigenvalue weighted by atomic mass is 16.3. The van der Waals surface area contributed by atoms with E-state index in [9.17, 15) is 9.59 Å². The van der Waals surface area contributed by atoms with Crippen LogP contribution in [0, 0.1) is 19.8 Å². The molecular weight excluding hydrogens is 390 g/mol. The fourth-order valence-corrected chi connectivity index (χ4v) is 5.51. The van der Waals surface area contributed by atoms with Crippen LogP contribution in [0.2, 0.25) is 0 Å². The second-order valence-corrected chi connectivity index (χ2v) is 9.14. The number of pyridine rings is 1. The number of carbonyl (C=O) groups is 1. The van der Waals surface area contributed by atoms with E-state index in [2.05, 4.69) is 10.2 Å². The van der Waals surface area contributed by atoms with Gasteiger partial charge in [0, 0.05) is 30.0 Å². The molecule has 0 spiro atoms. The van der Waals surface area contributed by atoms with Gasteiger partial charge in [-0.2, -0.15) is 0 Å². The molecule has 1 amide bonds. The molecule has 0 unspecified atom stereocenters. The van der Waals surface area contributed by atoms with Gasteiger partial charge in [-0.1, -0.05) is 13.3 Å². The summed E-state index contributed by atoms with van der Waals surface area (Å²) in [5.74, 6) is 1.92. The summed E-state index contributed by atoms with van der Waals surface area (Å²) in [5, 5.41) is 3.13. The molecule has 0 aliphatic carbocycles. The van der Waals surface area contributed by atoms with E-state index in [-0.39, 0.29) is 16.9 Å². The lowest BCUT2D eigenvalue weighted by Gasteiger charge is -2.44. The number of nitrogens with one attached hydrogen (secondary N) is 1. The average molecular weight is 426 g/mol. The number of hydrogen-bond donors (Lipinski definition) is 1. The fourth-order valence-electron chi connectivity index (χ4n) is 5.51. The zero-order valence-electron chi connectivity index (χ0n) is 19.1. The quantitative estimate of drug-likeness (QED) is 0.767. The van der Waals surface area contributed by atoms with Crippen molar-refractivity contribution in [1.29, 1.82) is 0 Å². The minimum Gasteiger partial charge on any atom is -0.464 e. The largest absolute Gasteiger partial charge is 0.464 e. The Kier molecular flexibility index (Phi) is 6.65. The number of amides is 1. The van der Waals surface area contributed by atoms with Crippen molar-refractivity contribution in [2.45, 2.75) is 71.9 Å². The van der Waals surface area contributed by atoms with Crippen LogP contribution in [0.15, 0.2) is 27.4 Å². The summed E-state index contributed by atoms with van der Waals surface area (Å²) in [6, 6.07) is 6.04. The predicted octanol–water partition coefficient (Wildman–Crippen LogP) is 3.66. The molecule has 2 fully saturated rings. The van der Waals surface area contributed by atoms with Crippen LogP contribution in [0.1, 0.15) is 72.3 Å². The summed E-state index contributed by atoms with van der Waals surface area (Å²) >= 11 is 0. The van der Waals surface area contributed by atoms with Gasteiger partial charge in [-0.25, -0.2) is 0 Å². The van der Waals surface area contributed by atoms with E-state index in [1.165, 1.54) is 38.8 Å². The lowest BCUT2D eigenvalue weighted by molar-refractivity contribution is 0.0575. The van der Waals surface area contributed by atoms with Gasteiger partial charge in [-0.3, -0.25) is 9.59 Å². The molecule has 31 heavy (non-hydrogen) atoms. The first kappa shape index (κ1) is 21.9. The number of aromatic nitrogens is 1. The minimum atomic E-state index is -0.237. The normalized spacial score (nSPS) is 21.6. The zero-order chi connectivity index (χ0) is 22.0. The third-order valence-electron chi connectivity index (χ3n) is 7.05. The van der Waals surface area contributed by atoms with E-state index in [1.807, 2.05) is 37.5 Å². The Hall–Kier alpha value is -2.34. The van der Waals surface area contributed by atoms with Crippen LogP contribution in [-0.2, 0) is 13.0 Å². The summed E-state index contributed by atoms with van der Waals surface area (Å²) < 4.78 is 7.79. The van der Waals surface area contributed by atoms with Gasteiger partial charge in [0.2, 0.25) is 0 Å². The maximum Gasteiger partial charge on any atom is 0.257 e. The first-order chi connectivity index (χ1) is 15.0. The zero-order valence-corrected chi connectivity index (χ0v) is 19.1. The Bertz CT molecular complexity index is 988. The number of rotatable bonds is 6. The standard InChI is InChI=1S/C25H35N3O3/c1-4-21-24(23(29)14-17(2)28(21)16-20-11-10-18(3)31-20)25(30)26-15-19-8-7-13-27-12-6-5-9-22(19)27/h10-11,14,19,22H,4-9,12-13,15-16H2,1-3H3,(H,26,30)/t19-,22+/m0/s1. The van der Waals surface area contributed by atoms with Gasteiger partial charge in [-0.15, -0.1) is 0 Å². The van der Waals surface area contributed by atoms with Crippen molar-refractivity contribution < 1.29 is 9.21 Å². The Morgan fingerprint density at radius 3 is 2.71 bits per heavy atom. The van der Waals surface area contributed by atoms with E-state index >= 15 is 0 Å². The monoisotopic (exact) mass is 425 g/mol. The molecule has 2 saturated heterocycles. The van der Waals surface area contributed by atoms with Crippen LogP contribution < -0.4 is 10.7 Å². The number of piperidine rings is 2. The van der Waals surface area contributed by atoms with Crippen molar-refractivity contribution in [1.82, 2.24) is 14.8 Å². The molecule has 2 aromatic rings. The molecule has 4 heterocycles. The highest BCUT2D eigenvalue weighted by Gasteiger charge is 2.33. The maximum absolute atomic E-state index is 13.2. The Labute approximate surface area is 184 Å².